The Morgan fingerprint density at radius 1 is 1.03 bits per heavy atom. The van der Waals surface area contributed by atoms with Gasteiger partial charge in [0.25, 0.3) is 5.56 Å². The van der Waals surface area contributed by atoms with Crippen LogP contribution < -0.4 is 10.3 Å². The Morgan fingerprint density at radius 3 is 2.41 bits per heavy atom. The molecule has 152 valence electrons. The van der Waals surface area contributed by atoms with Gasteiger partial charge in [0.15, 0.2) is 0 Å². The molecular formula is C22H25ClN4O2. The first-order chi connectivity index (χ1) is 14.1. The molecule has 1 fully saturated rings. The third kappa shape index (κ3) is 4.96. The molecular weight excluding hydrogens is 388 g/mol. The van der Waals surface area contributed by atoms with Crippen molar-refractivity contribution in [3.8, 4) is 5.75 Å². The molecule has 0 saturated carbocycles. The van der Waals surface area contributed by atoms with Crippen molar-refractivity contribution >= 4 is 22.5 Å². The van der Waals surface area contributed by atoms with E-state index in [2.05, 4.69) is 31.9 Å². The summed E-state index contributed by atoms with van der Waals surface area (Å²) >= 11 is 6.05. The van der Waals surface area contributed by atoms with Crippen LogP contribution in [-0.4, -0.2) is 52.6 Å². The largest absolute Gasteiger partial charge is 0.494 e. The zero-order valence-electron chi connectivity index (χ0n) is 16.5. The summed E-state index contributed by atoms with van der Waals surface area (Å²) in [6.45, 7) is 8.09. The van der Waals surface area contributed by atoms with Gasteiger partial charge in [0, 0.05) is 37.7 Å². The Hall–Kier alpha value is -2.41. The van der Waals surface area contributed by atoms with Crippen molar-refractivity contribution < 1.29 is 4.74 Å². The smallest absolute Gasteiger partial charge is 0.258 e. The minimum Gasteiger partial charge on any atom is -0.494 e. The molecule has 0 spiro atoms. The van der Waals surface area contributed by atoms with Crippen LogP contribution in [0.15, 0.2) is 47.3 Å². The highest BCUT2D eigenvalue weighted by atomic mass is 35.5. The molecule has 0 radical (unpaired) electrons. The fourth-order valence-electron chi connectivity index (χ4n) is 3.67. The maximum Gasteiger partial charge on any atom is 0.258 e. The van der Waals surface area contributed by atoms with Crippen LogP contribution in [-0.2, 0) is 13.1 Å². The number of aromatic amines is 1. The molecule has 0 unspecified atom stereocenters. The number of fused-ring (bicyclic) bond motifs is 1. The van der Waals surface area contributed by atoms with Gasteiger partial charge in [0.1, 0.15) is 11.6 Å². The number of piperazine rings is 1. The van der Waals surface area contributed by atoms with Gasteiger partial charge in [-0.1, -0.05) is 23.7 Å². The summed E-state index contributed by atoms with van der Waals surface area (Å²) in [7, 11) is 0. The van der Waals surface area contributed by atoms with E-state index >= 15 is 0 Å². The van der Waals surface area contributed by atoms with Gasteiger partial charge in [-0.25, -0.2) is 4.98 Å². The molecule has 3 aromatic rings. The first-order valence-electron chi connectivity index (χ1n) is 9.95. The van der Waals surface area contributed by atoms with Crippen LogP contribution in [0.3, 0.4) is 0 Å². The molecule has 2 heterocycles. The third-order valence-electron chi connectivity index (χ3n) is 5.20. The van der Waals surface area contributed by atoms with E-state index in [4.69, 9.17) is 16.3 Å². The lowest BCUT2D eigenvalue weighted by molar-refractivity contribution is 0.120. The van der Waals surface area contributed by atoms with Crippen LogP contribution in [0.5, 0.6) is 5.75 Å². The van der Waals surface area contributed by atoms with Crippen molar-refractivity contribution in [3.05, 3.63) is 69.2 Å². The molecule has 0 atom stereocenters. The maximum absolute atomic E-state index is 12.3. The summed E-state index contributed by atoms with van der Waals surface area (Å²) in [6.07, 6.45) is 0. The highest BCUT2D eigenvalue weighted by Gasteiger charge is 2.18. The SMILES string of the molecule is CCOc1ccc(CN2CCN(Cc3nc4cc(Cl)ccc4c(=O)[nH]3)CC2)cc1. The number of halogens is 1. The van der Waals surface area contributed by atoms with Crippen molar-refractivity contribution in [1.29, 1.82) is 0 Å². The summed E-state index contributed by atoms with van der Waals surface area (Å²) in [4.78, 5) is 24.6. The lowest BCUT2D eigenvalue weighted by Gasteiger charge is -2.34. The van der Waals surface area contributed by atoms with Gasteiger partial charge in [-0.15, -0.1) is 0 Å². The normalized spacial score (nSPS) is 15.7. The van der Waals surface area contributed by atoms with Crippen molar-refractivity contribution in [2.24, 2.45) is 0 Å². The number of benzene rings is 2. The molecule has 29 heavy (non-hydrogen) atoms. The molecule has 1 saturated heterocycles. The van der Waals surface area contributed by atoms with Gasteiger partial charge < -0.3 is 9.72 Å². The number of ether oxygens (including phenoxy) is 1. The van der Waals surface area contributed by atoms with E-state index < -0.39 is 0 Å². The molecule has 0 aliphatic carbocycles. The molecule has 6 nitrogen and oxygen atoms in total. The minimum atomic E-state index is -0.115. The van der Waals surface area contributed by atoms with Gasteiger partial charge in [-0.2, -0.15) is 0 Å². The van der Waals surface area contributed by atoms with Crippen LogP contribution >= 0.6 is 11.6 Å². The standard InChI is InChI=1S/C22H25ClN4O2/c1-2-29-18-6-3-16(4-7-18)14-26-9-11-27(12-10-26)15-21-24-20-13-17(23)5-8-19(20)22(28)25-21/h3-8,13H,2,9-12,14-15H2,1H3,(H,24,25,28). The van der Waals surface area contributed by atoms with E-state index in [1.54, 1.807) is 18.2 Å². The molecule has 1 aromatic heterocycles. The fraction of sp³-hybridized carbons (Fsp3) is 0.364. The Labute approximate surface area is 175 Å². The van der Waals surface area contributed by atoms with Gasteiger partial charge >= 0.3 is 0 Å². The van der Waals surface area contributed by atoms with Crippen molar-refractivity contribution in [2.45, 2.75) is 20.0 Å². The first-order valence-corrected chi connectivity index (χ1v) is 10.3. The van der Waals surface area contributed by atoms with Crippen molar-refractivity contribution in [2.75, 3.05) is 32.8 Å². The van der Waals surface area contributed by atoms with E-state index in [-0.39, 0.29) is 5.56 Å². The number of aromatic nitrogens is 2. The maximum atomic E-state index is 12.3. The number of rotatable bonds is 6. The van der Waals surface area contributed by atoms with E-state index in [0.29, 0.717) is 34.9 Å². The van der Waals surface area contributed by atoms with Crippen LogP contribution in [0, 0.1) is 0 Å². The number of hydrogen-bond acceptors (Lipinski definition) is 5. The Balaban J connectivity index is 1.34. The first kappa shape index (κ1) is 19.9. The Bertz CT molecular complexity index is 1030. The highest BCUT2D eigenvalue weighted by molar-refractivity contribution is 6.31. The predicted octanol–water partition coefficient (Wildman–Crippen LogP) is 3.29. The number of nitrogens with one attached hydrogen (secondary N) is 1. The van der Waals surface area contributed by atoms with E-state index in [1.807, 2.05) is 19.1 Å². The van der Waals surface area contributed by atoms with Crippen molar-refractivity contribution in [1.82, 2.24) is 19.8 Å². The van der Waals surface area contributed by atoms with E-state index in [1.165, 1.54) is 5.56 Å². The molecule has 1 aliphatic heterocycles. The van der Waals surface area contributed by atoms with Crippen LogP contribution in [0.25, 0.3) is 10.9 Å². The molecule has 1 N–H and O–H groups in total. The monoisotopic (exact) mass is 412 g/mol. The summed E-state index contributed by atoms with van der Waals surface area (Å²) < 4.78 is 5.50. The molecule has 1 aliphatic rings. The van der Waals surface area contributed by atoms with Gasteiger partial charge in [-0.05, 0) is 42.8 Å². The highest BCUT2D eigenvalue weighted by Crippen LogP contribution is 2.17. The van der Waals surface area contributed by atoms with Crippen LogP contribution in [0.2, 0.25) is 5.02 Å². The molecule has 7 heteroatoms. The molecule has 0 bridgehead atoms. The average molecular weight is 413 g/mol. The van der Waals surface area contributed by atoms with Gasteiger partial charge in [0.2, 0.25) is 0 Å². The van der Waals surface area contributed by atoms with Crippen LogP contribution in [0.4, 0.5) is 0 Å². The minimum absolute atomic E-state index is 0.115. The number of hydrogen-bond donors (Lipinski definition) is 1. The summed E-state index contributed by atoms with van der Waals surface area (Å²) in [6, 6.07) is 13.5. The second-order valence-corrected chi connectivity index (χ2v) is 7.74. The van der Waals surface area contributed by atoms with E-state index in [9.17, 15) is 4.79 Å². The average Bonchev–Trinajstić information content (AvgIpc) is 2.71. The zero-order chi connectivity index (χ0) is 20.2. The summed E-state index contributed by atoms with van der Waals surface area (Å²) in [5, 5.41) is 1.16. The quantitative estimate of drug-likeness (QED) is 0.673. The number of H-pyrrole nitrogens is 1. The zero-order valence-corrected chi connectivity index (χ0v) is 17.3. The summed E-state index contributed by atoms with van der Waals surface area (Å²) in [5.74, 6) is 1.60. The second kappa shape index (κ2) is 8.95. The Morgan fingerprint density at radius 2 is 1.72 bits per heavy atom. The third-order valence-corrected chi connectivity index (χ3v) is 5.43. The topological polar surface area (TPSA) is 61.5 Å². The lowest BCUT2D eigenvalue weighted by atomic mass is 10.2. The molecule has 4 rings (SSSR count). The van der Waals surface area contributed by atoms with Crippen molar-refractivity contribution in [3.63, 3.8) is 0 Å². The fourth-order valence-corrected chi connectivity index (χ4v) is 3.84. The van der Waals surface area contributed by atoms with E-state index in [0.717, 1.165) is 38.5 Å². The molecule has 0 amide bonds. The molecule has 2 aromatic carbocycles. The van der Waals surface area contributed by atoms with Gasteiger partial charge in [0.05, 0.1) is 24.1 Å². The Kier molecular flexibility index (Phi) is 6.13. The summed E-state index contributed by atoms with van der Waals surface area (Å²) in [5.41, 5.74) is 1.82. The predicted molar refractivity (Wildman–Crippen MR) is 116 cm³/mol. The van der Waals surface area contributed by atoms with Gasteiger partial charge in [-0.3, -0.25) is 14.6 Å². The number of nitrogens with zero attached hydrogens (tertiary/aromatic N) is 3. The second-order valence-electron chi connectivity index (χ2n) is 7.30. The van der Waals surface area contributed by atoms with Crippen LogP contribution in [0.1, 0.15) is 18.3 Å². The lowest BCUT2D eigenvalue weighted by Crippen LogP contribution is -2.45.